The fraction of sp³-hybridized carbons (Fsp3) is 0.754. The second kappa shape index (κ2) is 47.1. The number of nitrogens with zero attached hydrogens (tertiary/aromatic N) is 1. The van der Waals surface area contributed by atoms with Crippen molar-refractivity contribution >= 4 is 19.7 Å². The lowest BCUT2D eigenvalue weighted by atomic mass is 10.0. The average Bonchev–Trinajstić information content (AvgIpc) is 3.28. The molecule has 0 aromatic carbocycles. The number of nitrogens with one attached hydrogen (secondary N) is 1. The third-order valence-electron chi connectivity index (χ3n) is 11.7. The first-order valence-corrected chi connectivity index (χ1v) is 28.7. The van der Waals surface area contributed by atoms with Gasteiger partial charge in [-0.3, -0.25) is 14.2 Å². The zero-order valence-corrected chi connectivity index (χ0v) is 45.0. The maximum Gasteiger partial charge on any atom is 0.306 e. The molecular formula is C57H103N2O7P. The van der Waals surface area contributed by atoms with Gasteiger partial charge in [-0.25, -0.2) is 0 Å². The number of amides is 1. The number of unbranched alkanes of at least 4 members (excludes halogenated alkanes) is 22. The molecule has 0 aromatic rings. The van der Waals surface area contributed by atoms with Crippen molar-refractivity contribution < 1.29 is 37.3 Å². The smallest absolute Gasteiger partial charge is 0.306 e. The summed E-state index contributed by atoms with van der Waals surface area (Å²) in [6, 6.07) is -0.926. The standard InChI is InChI=1S/C57H103N2O7P/c1-7-10-13-16-19-22-25-28-29-30-32-34-37-40-43-46-49-56(60)58-54(53-65-67(62,63)64-52-51-59(4,5)6)55(48-45-42-39-36-33-27-24-21-18-15-12-9-3)66-57(61)50-47-44-41-38-35-31-26-23-20-17-14-11-8-2/h10,13,19,22,28-29,32,34,40,43,45,48,54-55H,7-9,11-12,14-18,20-21,23-27,30-31,33,35-39,41-42,44,46-47,49-53H2,1-6H3,(H-,58,60,62,63)/b13-10+,22-19+,29-28+,34-32+,43-40+,48-45+. The van der Waals surface area contributed by atoms with Crippen LogP contribution in [0.1, 0.15) is 226 Å². The molecule has 0 aliphatic rings. The highest BCUT2D eigenvalue weighted by Crippen LogP contribution is 2.38. The van der Waals surface area contributed by atoms with Gasteiger partial charge in [-0.05, 0) is 63.9 Å². The molecule has 67 heavy (non-hydrogen) atoms. The van der Waals surface area contributed by atoms with E-state index in [1.54, 1.807) is 0 Å². The van der Waals surface area contributed by atoms with Crippen LogP contribution < -0.4 is 10.2 Å². The maximum atomic E-state index is 13.4. The number of esters is 1. The van der Waals surface area contributed by atoms with E-state index < -0.39 is 26.6 Å². The number of phosphoric acid groups is 1. The molecule has 0 spiro atoms. The molecule has 0 rings (SSSR count). The summed E-state index contributed by atoms with van der Waals surface area (Å²) in [5.74, 6) is -0.638. The SMILES string of the molecule is CC/C=C/C/C=C/C/C=C/C/C=C/C/C=C/CCC(=O)NC(COP(=O)([O-])OCC[N+](C)(C)C)C(/C=C/CCCCCCCCCCCC)OC(=O)CCCCCCCCCCCCCCC. The Balaban J connectivity index is 5.51. The van der Waals surface area contributed by atoms with E-state index in [9.17, 15) is 19.0 Å². The van der Waals surface area contributed by atoms with Crippen molar-refractivity contribution in [3.63, 3.8) is 0 Å². The van der Waals surface area contributed by atoms with Crippen molar-refractivity contribution in [1.82, 2.24) is 5.32 Å². The zero-order valence-electron chi connectivity index (χ0n) is 44.1. The number of rotatable bonds is 48. The summed E-state index contributed by atoms with van der Waals surface area (Å²) in [4.78, 5) is 39.7. The number of ether oxygens (including phenoxy) is 1. The Morgan fingerprint density at radius 1 is 0.537 bits per heavy atom. The molecule has 3 atom stereocenters. The zero-order chi connectivity index (χ0) is 49.4. The summed E-state index contributed by atoms with van der Waals surface area (Å²) in [5.41, 5.74) is 0. The summed E-state index contributed by atoms with van der Waals surface area (Å²) in [5, 5.41) is 2.96. The van der Waals surface area contributed by atoms with Crippen molar-refractivity contribution in [2.45, 2.75) is 238 Å². The molecule has 0 heterocycles. The van der Waals surface area contributed by atoms with Gasteiger partial charge in [0, 0.05) is 12.8 Å². The highest BCUT2D eigenvalue weighted by Gasteiger charge is 2.27. The molecule has 0 saturated heterocycles. The van der Waals surface area contributed by atoms with Crippen LogP contribution in [0.5, 0.6) is 0 Å². The minimum Gasteiger partial charge on any atom is -0.756 e. The largest absolute Gasteiger partial charge is 0.756 e. The first-order chi connectivity index (χ1) is 32.4. The van der Waals surface area contributed by atoms with Gasteiger partial charge in [-0.1, -0.05) is 222 Å². The molecule has 0 radical (unpaired) electrons. The Bertz CT molecular complexity index is 1380. The van der Waals surface area contributed by atoms with Crippen LogP contribution in [0.2, 0.25) is 0 Å². The number of quaternary nitrogens is 1. The molecule has 1 amide bonds. The van der Waals surface area contributed by atoms with Gasteiger partial charge in [0.2, 0.25) is 5.91 Å². The lowest BCUT2D eigenvalue weighted by Gasteiger charge is -2.30. The average molecular weight is 959 g/mol. The van der Waals surface area contributed by atoms with Crippen LogP contribution in [0.3, 0.4) is 0 Å². The normalized spacial score (nSPS) is 14.4. The van der Waals surface area contributed by atoms with Crippen LogP contribution in [0.4, 0.5) is 0 Å². The summed E-state index contributed by atoms with van der Waals surface area (Å²) < 4.78 is 30.1. The summed E-state index contributed by atoms with van der Waals surface area (Å²) in [7, 11) is 1.14. The Morgan fingerprint density at radius 3 is 1.43 bits per heavy atom. The lowest BCUT2D eigenvalue weighted by Crippen LogP contribution is -2.47. The highest BCUT2D eigenvalue weighted by atomic mass is 31.2. The number of hydrogen-bond donors (Lipinski definition) is 1. The van der Waals surface area contributed by atoms with Crippen LogP contribution >= 0.6 is 7.82 Å². The second-order valence-corrected chi connectivity index (χ2v) is 20.8. The van der Waals surface area contributed by atoms with Crippen molar-refractivity contribution in [3.8, 4) is 0 Å². The molecule has 0 bridgehead atoms. The van der Waals surface area contributed by atoms with Gasteiger partial charge in [-0.2, -0.15) is 0 Å². The predicted octanol–water partition coefficient (Wildman–Crippen LogP) is 15.5. The third-order valence-corrected chi connectivity index (χ3v) is 12.6. The minimum atomic E-state index is -4.71. The van der Waals surface area contributed by atoms with Crippen molar-refractivity contribution in [2.24, 2.45) is 0 Å². The summed E-state index contributed by atoms with van der Waals surface area (Å²) in [6.45, 7) is 6.65. The Kier molecular flexibility index (Phi) is 45.3. The van der Waals surface area contributed by atoms with Gasteiger partial charge in [0.1, 0.15) is 19.3 Å². The molecule has 10 heteroatoms. The van der Waals surface area contributed by atoms with Gasteiger partial charge in [0.25, 0.3) is 7.82 Å². The monoisotopic (exact) mass is 959 g/mol. The quantitative estimate of drug-likeness (QED) is 0.0212. The molecule has 0 aromatic heterocycles. The van der Waals surface area contributed by atoms with Gasteiger partial charge < -0.3 is 28.5 Å². The van der Waals surface area contributed by atoms with Gasteiger partial charge in [-0.15, -0.1) is 0 Å². The van der Waals surface area contributed by atoms with Gasteiger partial charge in [0.05, 0.1) is 33.8 Å². The van der Waals surface area contributed by atoms with Crippen LogP contribution in [0, 0.1) is 0 Å². The number of carbonyl (C=O) groups is 2. The fourth-order valence-electron chi connectivity index (χ4n) is 7.45. The van der Waals surface area contributed by atoms with Crippen molar-refractivity contribution in [3.05, 3.63) is 72.9 Å². The Hall–Kier alpha value is -2.55. The molecule has 0 fully saturated rings. The van der Waals surface area contributed by atoms with E-state index >= 15 is 0 Å². The minimum absolute atomic E-state index is 0.0369. The predicted molar refractivity (Wildman–Crippen MR) is 284 cm³/mol. The highest BCUT2D eigenvalue weighted by molar-refractivity contribution is 7.45. The molecule has 0 aliphatic heterocycles. The van der Waals surface area contributed by atoms with Crippen LogP contribution in [0.15, 0.2) is 72.9 Å². The fourth-order valence-corrected chi connectivity index (χ4v) is 8.17. The van der Waals surface area contributed by atoms with Crippen molar-refractivity contribution in [2.75, 3.05) is 40.9 Å². The van der Waals surface area contributed by atoms with E-state index in [0.29, 0.717) is 17.4 Å². The lowest BCUT2D eigenvalue weighted by molar-refractivity contribution is -0.870. The van der Waals surface area contributed by atoms with E-state index in [1.165, 1.54) is 116 Å². The molecular weight excluding hydrogens is 856 g/mol. The summed E-state index contributed by atoms with van der Waals surface area (Å²) >= 11 is 0. The maximum absolute atomic E-state index is 13.4. The number of allylic oxidation sites excluding steroid dienone is 11. The number of carbonyl (C=O) groups excluding carboxylic acids is 2. The second-order valence-electron chi connectivity index (χ2n) is 19.4. The van der Waals surface area contributed by atoms with E-state index in [-0.39, 0.29) is 31.3 Å². The van der Waals surface area contributed by atoms with Crippen LogP contribution in [-0.2, 0) is 27.9 Å². The summed E-state index contributed by atoms with van der Waals surface area (Å²) in [6.07, 6.45) is 58.8. The van der Waals surface area contributed by atoms with E-state index in [0.717, 1.165) is 70.6 Å². The van der Waals surface area contributed by atoms with E-state index in [1.807, 2.05) is 45.4 Å². The first-order valence-electron chi connectivity index (χ1n) is 27.2. The number of phosphoric ester groups is 1. The molecule has 9 nitrogen and oxygen atoms in total. The molecule has 388 valence electrons. The van der Waals surface area contributed by atoms with Gasteiger partial charge >= 0.3 is 5.97 Å². The Morgan fingerprint density at radius 2 is 0.970 bits per heavy atom. The topological polar surface area (TPSA) is 114 Å². The van der Waals surface area contributed by atoms with Crippen molar-refractivity contribution in [1.29, 1.82) is 0 Å². The van der Waals surface area contributed by atoms with E-state index in [2.05, 4.69) is 74.7 Å². The third kappa shape index (κ3) is 48.3. The molecule has 0 saturated carbocycles. The molecule has 0 aliphatic carbocycles. The van der Waals surface area contributed by atoms with E-state index in [4.69, 9.17) is 13.8 Å². The van der Waals surface area contributed by atoms with Crippen LogP contribution in [-0.4, -0.2) is 69.4 Å². The van der Waals surface area contributed by atoms with Crippen LogP contribution in [0.25, 0.3) is 0 Å². The van der Waals surface area contributed by atoms with Gasteiger partial charge in [0.15, 0.2) is 0 Å². The molecule has 3 unspecified atom stereocenters. The molecule has 1 N–H and O–H groups in total. The number of hydrogen-bond acceptors (Lipinski definition) is 7. The Labute approximate surface area is 413 Å². The first kappa shape index (κ1) is 64.5. The number of likely N-dealkylation sites (N-methyl/N-ethyl adjacent to an activating group) is 1.